The normalized spacial score (nSPS) is 28.9. The minimum Gasteiger partial charge on any atom is -0.322 e. The van der Waals surface area contributed by atoms with Crippen LogP contribution in [0, 0.1) is 5.92 Å². The van der Waals surface area contributed by atoms with Crippen LogP contribution in [0.2, 0.25) is 0 Å². The second-order valence-corrected chi connectivity index (χ2v) is 6.58. The fourth-order valence-electron chi connectivity index (χ4n) is 3.56. The number of nitrogens with zero attached hydrogens (tertiary/aromatic N) is 2. The van der Waals surface area contributed by atoms with Gasteiger partial charge in [0.25, 0.3) is 5.78 Å². The number of allylic oxidation sites excluding steroid dienone is 4. The molecule has 2 unspecified atom stereocenters. The number of carbonyl (C=O) groups is 2. The van der Waals surface area contributed by atoms with E-state index in [-0.39, 0.29) is 17.5 Å². The smallest absolute Gasteiger partial charge is 0.252 e. The molecule has 0 saturated heterocycles. The molecule has 1 aromatic heterocycles. The summed E-state index contributed by atoms with van der Waals surface area (Å²) in [5.41, 5.74) is 0.331. The highest BCUT2D eigenvalue weighted by atomic mass is 19.1. The minimum absolute atomic E-state index is 0.0406. The van der Waals surface area contributed by atoms with Crippen LogP contribution in [-0.2, 0) is 11.2 Å². The van der Waals surface area contributed by atoms with Crippen LogP contribution in [0.1, 0.15) is 55.2 Å². The molecule has 0 bridgehead atoms. The lowest BCUT2D eigenvalue weighted by atomic mass is 9.83. The van der Waals surface area contributed by atoms with Gasteiger partial charge in [-0.3, -0.25) is 9.59 Å². The van der Waals surface area contributed by atoms with Crippen molar-refractivity contribution in [3.8, 4) is 0 Å². The highest BCUT2D eigenvalue weighted by Gasteiger charge is 2.57. The molecule has 0 aromatic carbocycles. The highest BCUT2D eigenvalue weighted by molar-refractivity contribution is 6.54. The zero-order chi connectivity index (χ0) is 15.8. The first-order valence-electron chi connectivity index (χ1n) is 7.72. The van der Waals surface area contributed by atoms with Crippen molar-refractivity contribution in [1.82, 2.24) is 9.55 Å². The number of hydrogen-bond acceptors (Lipinski definition) is 3. The van der Waals surface area contributed by atoms with E-state index in [1.807, 2.05) is 25.3 Å². The number of fused-ring (bicyclic) bond motifs is 4. The van der Waals surface area contributed by atoms with Crippen molar-refractivity contribution in [2.24, 2.45) is 5.92 Å². The molecule has 1 heterocycles. The monoisotopic (exact) mass is 300 g/mol. The summed E-state index contributed by atoms with van der Waals surface area (Å²) in [5.74, 6) is -0.571. The van der Waals surface area contributed by atoms with Gasteiger partial charge in [0.15, 0.2) is 0 Å². The Morgan fingerprint density at radius 3 is 2.73 bits per heavy atom. The molecule has 1 fully saturated rings. The van der Waals surface area contributed by atoms with Crippen LogP contribution in [0.15, 0.2) is 17.7 Å². The van der Waals surface area contributed by atoms with Crippen molar-refractivity contribution < 1.29 is 14.0 Å². The number of ketones is 2. The van der Waals surface area contributed by atoms with Gasteiger partial charge in [0.1, 0.15) is 22.9 Å². The van der Waals surface area contributed by atoms with Gasteiger partial charge in [-0.1, -0.05) is 13.0 Å². The Balaban J connectivity index is 2.00. The van der Waals surface area contributed by atoms with Crippen LogP contribution in [0.3, 0.4) is 0 Å². The predicted molar refractivity (Wildman–Crippen MR) is 79.3 cm³/mol. The number of aryl methyl sites for hydroxylation is 1. The molecule has 0 N–H and O–H groups in total. The molecule has 4 nitrogen and oxygen atoms in total. The lowest BCUT2D eigenvalue weighted by molar-refractivity contribution is -0.111. The highest BCUT2D eigenvalue weighted by Crippen LogP contribution is 2.56. The molecule has 5 heteroatoms. The van der Waals surface area contributed by atoms with Gasteiger partial charge >= 0.3 is 0 Å². The number of hydrogen-bond donors (Lipinski definition) is 0. The van der Waals surface area contributed by atoms with Crippen LogP contribution in [0.4, 0.5) is 4.39 Å². The van der Waals surface area contributed by atoms with Crippen molar-refractivity contribution in [2.45, 2.75) is 45.3 Å². The van der Waals surface area contributed by atoms with E-state index in [2.05, 4.69) is 4.98 Å². The molecular weight excluding hydrogens is 283 g/mol. The van der Waals surface area contributed by atoms with Crippen LogP contribution < -0.4 is 0 Å². The summed E-state index contributed by atoms with van der Waals surface area (Å²) in [4.78, 5) is 29.6. The third-order valence-corrected chi connectivity index (χ3v) is 4.77. The molecule has 1 aromatic rings. The summed E-state index contributed by atoms with van der Waals surface area (Å²) >= 11 is 0. The fourth-order valence-corrected chi connectivity index (χ4v) is 3.56. The van der Waals surface area contributed by atoms with Gasteiger partial charge in [0, 0.05) is 29.5 Å². The van der Waals surface area contributed by atoms with E-state index in [0.717, 1.165) is 5.82 Å². The summed E-state index contributed by atoms with van der Waals surface area (Å²) < 4.78 is 16.1. The van der Waals surface area contributed by atoms with E-state index >= 15 is 0 Å². The molecule has 114 valence electrons. The average Bonchev–Trinajstić information content (AvgIpc) is 2.97. The third kappa shape index (κ3) is 1.54. The largest absolute Gasteiger partial charge is 0.322 e. The Labute approximate surface area is 127 Å². The van der Waals surface area contributed by atoms with Gasteiger partial charge in [-0.2, -0.15) is 0 Å². The number of aromatic nitrogens is 2. The Bertz CT molecular complexity index is 800. The zero-order valence-corrected chi connectivity index (χ0v) is 12.8. The second kappa shape index (κ2) is 4.03. The predicted octanol–water partition coefficient (Wildman–Crippen LogP) is 2.84. The molecule has 4 rings (SSSR count). The van der Waals surface area contributed by atoms with E-state index in [0.29, 0.717) is 29.8 Å². The minimum atomic E-state index is -1.43. The number of imidazole rings is 1. The lowest BCUT2D eigenvalue weighted by Crippen LogP contribution is -2.29. The molecule has 22 heavy (non-hydrogen) atoms. The fraction of sp³-hybridized carbons (Fsp3) is 0.471. The van der Waals surface area contributed by atoms with Gasteiger partial charge < -0.3 is 4.57 Å². The number of alkyl halides is 1. The molecule has 0 amide bonds. The summed E-state index contributed by atoms with van der Waals surface area (Å²) in [6.07, 6.45) is 4.20. The lowest BCUT2D eigenvalue weighted by Gasteiger charge is -2.22. The van der Waals surface area contributed by atoms with Crippen molar-refractivity contribution in [3.05, 3.63) is 34.9 Å². The van der Waals surface area contributed by atoms with E-state index in [4.69, 9.17) is 0 Å². The number of rotatable bonds is 2. The SMILES string of the molecule is CCc1nc2c(n1C(C)C)C(=O)C(=O)C1=CC3(F)CC3C=C12. The molecule has 0 spiro atoms. The van der Waals surface area contributed by atoms with Crippen LogP contribution in [-0.4, -0.2) is 26.8 Å². The second-order valence-electron chi connectivity index (χ2n) is 6.58. The Kier molecular flexibility index (Phi) is 2.49. The summed E-state index contributed by atoms with van der Waals surface area (Å²) in [6.45, 7) is 5.90. The van der Waals surface area contributed by atoms with Crippen LogP contribution >= 0.6 is 0 Å². The third-order valence-electron chi connectivity index (χ3n) is 4.77. The van der Waals surface area contributed by atoms with Gasteiger partial charge in [-0.15, -0.1) is 0 Å². The molecule has 0 radical (unpaired) electrons. The molecule has 1 saturated carbocycles. The molecule has 0 aliphatic heterocycles. The van der Waals surface area contributed by atoms with Crippen molar-refractivity contribution in [2.75, 3.05) is 0 Å². The van der Waals surface area contributed by atoms with Crippen LogP contribution in [0.25, 0.3) is 5.57 Å². The Morgan fingerprint density at radius 2 is 2.09 bits per heavy atom. The first-order valence-corrected chi connectivity index (χ1v) is 7.72. The number of Topliss-reactive ketones (excluding diaryl/α,β-unsaturated/α-hetero) is 2. The first kappa shape index (κ1) is 13.6. The quantitative estimate of drug-likeness (QED) is 0.789. The van der Waals surface area contributed by atoms with Gasteiger partial charge in [0.2, 0.25) is 5.78 Å². The molecule has 3 aliphatic rings. The van der Waals surface area contributed by atoms with Gasteiger partial charge in [-0.05, 0) is 26.3 Å². The van der Waals surface area contributed by atoms with Crippen molar-refractivity contribution in [1.29, 1.82) is 0 Å². The topological polar surface area (TPSA) is 52.0 Å². The van der Waals surface area contributed by atoms with E-state index in [1.165, 1.54) is 6.08 Å². The average molecular weight is 300 g/mol. The van der Waals surface area contributed by atoms with Gasteiger partial charge in [0.05, 0.1) is 0 Å². The Hall–Kier alpha value is -2.04. The van der Waals surface area contributed by atoms with Crippen LogP contribution in [0.5, 0.6) is 0 Å². The molecule has 3 aliphatic carbocycles. The van der Waals surface area contributed by atoms with Crippen molar-refractivity contribution in [3.63, 3.8) is 0 Å². The summed E-state index contributed by atoms with van der Waals surface area (Å²) in [7, 11) is 0. The zero-order valence-electron chi connectivity index (χ0n) is 12.8. The number of carbonyl (C=O) groups excluding carboxylic acids is 2. The summed E-state index contributed by atoms with van der Waals surface area (Å²) in [6, 6.07) is 0.0406. The maximum Gasteiger partial charge on any atom is 0.252 e. The number of halogens is 1. The van der Waals surface area contributed by atoms with E-state index < -0.39 is 17.2 Å². The van der Waals surface area contributed by atoms with E-state index in [1.54, 1.807) is 6.08 Å². The van der Waals surface area contributed by atoms with E-state index in [9.17, 15) is 14.0 Å². The maximum atomic E-state index is 14.3. The van der Waals surface area contributed by atoms with Crippen molar-refractivity contribution >= 4 is 17.1 Å². The summed E-state index contributed by atoms with van der Waals surface area (Å²) in [5, 5.41) is 0. The maximum absolute atomic E-state index is 14.3. The Morgan fingerprint density at radius 1 is 1.36 bits per heavy atom. The molecular formula is C17H17FN2O2. The molecule has 2 atom stereocenters. The first-order chi connectivity index (χ1) is 10.4. The van der Waals surface area contributed by atoms with Gasteiger partial charge in [-0.25, -0.2) is 9.37 Å². The standard InChI is InChI=1S/C17H17FN2O2/c1-4-12-19-13-10-5-9-6-17(9,18)7-11(10)15(21)16(22)14(13)20(12)8(2)3/h5,7-9H,4,6H2,1-3H3.